The summed E-state index contributed by atoms with van der Waals surface area (Å²) in [5.74, 6) is -1.19. The van der Waals surface area contributed by atoms with Crippen LogP contribution in [0.3, 0.4) is 0 Å². The summed E-state index contributed by atoms with van der Waals surface area (Å²) in [4.78, 5) is 23.6. The zero-order chi connectivity index (χ0) is 17.3. The Morgan fingerprint density at radius 1 is 1.42 bits per heavy atom. The van der Waals surface area contributed by atoms with E-state index in [1.54, 1.807) is 23.7 Å². The van der Waals surface area contributed by atoms with Crippen LogP contribution in [-0.2, 0) is 4.79 Å². The second-order valence-corrected chi connectivity index (χ2v) is 6.63. The van der Waals surface area contributed by atoms with Crippen LogP contribution in [0.15, 0.2) is 30.5 Å². The van der Waals surface area contributed by atoms with Crippen molar-refractivity contribution in [2.75, 3.05) is 0 Å². The molecule has 0 aliphatic heterocycles. The van der Waals surface area contributed by atoms with E-state index in [0.29, 0.717) is 29.1 Å². The lowest BCUT2D eigenvalue weighted by atomic mass is 9.74. The number of benzene rings is 1. The lowest BCUT2D eigenvalue weighted by molar-refractivity contribution is -0.139. The van der Waals surface area contributed by atoms with Gasteiger partial charge in [0.15, 0.2) is 0 Å². The fraction of sp³-hybridized carbons (Fsp3) is 0.353. The molecule has 1 amide bonds. The van der Waals surface area contributed by atoms with Crippen LogP contribution in [-0.4, -0.2) is 32.3 Å². The minimum absolute atomic E-state index is 0.0553. The Hall–Kier alpha value is -2.34. The van der Waals surface area contributed by atoms with Gasteiger partial charge in [-0.25, -0.2) is 4.68 Å². The molecule has 1 aromatic carbocycles. The van der Waals surface area contributed by atoms with Gasteiger partial charge in [-0.3, -0.25) is 9.59 Å². The van der Waals surface area contributed by atoms with Crippen molar-refractivity contribution < 1.29 is 14.7 Å². The lowest BCUT2D eigenvalue weighted by Gasteiger charge is -2.41. The van der Waals surface area contributed by atoms with Gasteiger partial charge in [-0.1, -0.05) is 17.7 Å². The molecule has 1 fully saturated rings. The summed E-state index contributed by atoms with van der Waals surface area (Å²) in [5, 5.41) is 16.8. The molecule has 2 aromatic rings. The van der Waals surface area contributed by atoms with Crippen LogP contribution in [0, 0.1) is 6.92 Å². The van der Waals surface area contributed by atoms with Crippen molar-refractivity contribution in [3.63, 3.8) is 0 Å². The number of hydrogen-bond donors (Lipinski definition) is 2. The van der Waals surface area contributed by atoms with Crippen LogP contribution in [0.1, 0.15) is 41.7 Å². The molecule has 7 heteroatoms. The average Bonchev–Trinajstić information content (AvgIpc) is 2.86. The van der Waals surface area contributed by atoms with Gasteiger partial charge in [-0.15, -0.1) is 0 Å². The van der Waals surface area contributed by atoms with E-state index in [2.05, 4.69) is 10.4 Å². The van der Waals surface area contributed by atoms with E-state index in [1.807, 2.05) is 12.1 Å². The first-order chi connectivity index (χ1) is 11.4. The fourth-order valence-electron chi connectivity index (χ4n) is 3.05. The second-order valence-electron chi connectivity index (χ2n) is 6.19. The van der Waals surface area contributed by atoms with Crippen molar-refractivity contribution >= 4 is 23.5 Å². The van der Waals surface area contributed by atoms with Crippen LogP contribution in [0.2, 0.25) is 5.02 Å². The number of aromatic nitrogens is 2. The summed E-state index contributed by atoms with van der Waals surface area (Å²) in [7, 11) is 0. The number of hydrogen-bond acceptors (Lipinski definition) is 3. The number of carbonyl (C=O) groups is 2. The molecule has 1 heterocycles. The van der Waals surface area contributed by atoms with Crippen LogP contribution in [0.25, 0.3) is 5.69 Å². The third-order valence-electron chi connectivity index (χ3n) is 4.49. The molecule has 1 aliphatic rings. The van der Waals surface area contributed by atoms with Gasteiger partial charge >= 0.3 is 5.97 Å². The summed E-state index contributed by atoms with van der Waals surface area (Å²) in [6.07, 6.45) is 3.74. The number of aliphatic carboxylic acids is 1. The molecular formula is C17H18ClN3O3. The quantitative estimate of drug-likeness (QED) is 0.870. The Morgan fingerprint density at radius 3 is 2.75 bits per heavy atom. The summed E-state index contributed by atoms with van der Waals surface area (Å²) in [6, 6.07) is 7.20. The fourth-order valence-corrected chi connectivity index (χ4v) is 3.23. The third kappa shape index (κ3) is 3.14. The van der Waals surface area contributed by atoms with Gasteiger partial charge in [0.25, 0.3) is 5.91 Å². The molecule has 2 N–H and O–H groups in total. The highest BCUT2D eigenvalue weighted by atomic mass is 35.5. The maximum absolute atomic E-state index is 12.6. The van der Waals surface area contributed by atoms with Gasteiger partial charge in [0.1, 0.15) is 0 Å². The first-order valence-electron chi connectivity index (χ1n) is 7.75. The van der Waals surface area contributed by atoms with Crippen molar-refractivity contribution in [1.82, 2.24) is 15.1 Å². The lowest BCUT2D eigenvalue weighted by Crippen LogP contribution is -2.54. The number of carboxylic acid groups (broad SMARTS) is 1. The zero-order valence-electron chi connectivity index (χ0n) is 13.3. The van der Waals surface area contributed by atoms with E-state index in [4.69, 9.17) is 16.7 Å². The van der Waals surface area contributed by atoms with Gasteiger partial charge in [-0.05, 0) is 44.4 Å². The molecule has 0 unspecified atom stereocenters. The van der Waals surface area contributed by atoms with E-state index >= 15 is 0 Å². The van der Waals surface area contributed by atoms with E-state index < -0.39 is 11.5 Å². The second kappa shape index (κ2) is 6.28. The third-order valence-corrected chi connectivity index (χ3v) is 4.72. The number of nitrogens with zero attached hydrogens (tertiary/aromatic N) is 2. The van der Waals surface area contributed by atoms with E-state index in [-0.39, 0.29) is 12.3 Å². The van der Waals surface area contributed by atoms with Crippen molar-refractivity contribution in [3.05, 3.63) is 46.7 Å². The molecule has 0 bridgehead atoms. The molecule has 0 spiro atoms. The highest BCUT2D eigenvalue weighted by Gasteiger charge is 2.40. The largest absolute Gasteiger partial charge is 0.481 e. The predicted molar refractivity (Wildman–Crippen MR) is 89.6 cm³/mol. The summed E-state index contributed by atoms with van der Waals surface area (Å²) < 4.78 is 1.64. The maximum atomic E-state index is 12.6. The van der Waals surface area contributed by atoms with Crippen LogP contribution >= 0.6 is 11.6 Å². The molecule has 3 rings (SSSR count). The molecule has 6 nitrogen and oxygen atoms in total. The average molecular weight is 348 g/mol. The first kappa shape index (κ1) is 16.5. The number of halogens is 1. The van der Waals surface area contributed by atoms with Gasteiger partial charge in [0.2, 0.25) is 0 Å². The molecule has 0 atom stereocenters. The molecule has 1 aliphatic carbocycles. The molecule has 24 heavy (non-hydrogen) atoms. The van der Waals surface area contributed by atoms with Gasteiger partial charge in [0, 0.05) is 5.02 Å². The number of carboxylic acids is 1. The smallest absolute Gasteiger partial charge is 0.305 e. The monoisotopic (exact) mass is 347 g/mol. The highest BCUT2D eigenvalue weighted by molar-refractivity contribution is 6.30. The summed E-state index contributed by atoms with van der Waals surface area (Å²) in [6.45, 7) is 1.80. The van der Waals surface area contributed by atoms with Gasteiger partial charge < -0.3 is 10.4 Å². The standard InChI is InChI=1S/C17H18ClN3O3/c1-11-14(10-19-21(11)13-5-2-4-12(18)8-13)16(24)20-17(6-3-7-17)9-15(22)23/h2,4-5,8,10H,3,6-7,9H2,1H3,(H,20,24)(H,22,23). The van der Waals surface area contributed by atoms with Crippen molar-refractivity contribution in [1.29, 1.82) is 0 Å². The minimum Gasteiger partial charge on any atom is -0.481 e. The normalized spacial score (nSPS) is 15.6. The minimum atomic E-state index is -0.902. The number of amides is 1. The van der Waals surface area contributed by atoms with Crippen molar-refractivity contribution in [2.45, 2.75) is 38.1 Å². The Labute approximate surface area is 144 Å². The maximum Gasteiger partial charge on any atom is 0.305 e. The topological polar surface area (TPSA) is 84.2 Å². The number of carbonyl (C=O) groups excluding carboxylic acids is 1. The van der Waals surface area contributed by atoms with Crippen LogP contribution < -0.4 is 5.32 Å². The van der Waals surface area contributed by atoms with E-state index in [0.717, 1.165) is 12.1 Å². The number of nitrogens with one attached hydrogen (secondary N) is 1. The number of rotatable bonds is 5. The molecule has 126 valence electrons. The first-order valence-corrected chi connectivity index (χ1v) is 8.13. The molecule has 0 saturated heterocycles. The van der Waals surface area contributed by atoms with Crippen LogP contribution in [0.4, 0.5) is 0 Å². The van der Waals surface area contributed by atoms with Crippen LogP contribution in [0.5, 0.6) is 0 Å². The summed E-state index contributed by atoms with van der Waals surface area (Å²) in [5.41, 5.74) is 1.25. The Kier molecular flexibility index (Phi) is 4.32. The Balaban J connectivity index is 1.83. The molecule has 0 radical (unpaired) electrons. The SMILES string of the molecule is Cc1c(C(=O)NC2(CC(=O)O)CCC2)cnn1-c1cccc(Cl)c1. The van der Waals surface area contributed by atoms with Gasteiger partial charge in [0.05, 0.1) is 35.1 Å². The van der Waals surface area contributed by atoms with Crippen molar-refractivity contribution in [3.8, 4) is 5.69 Å². The molecular weight excluding hydrogens is 330 g/mol. The molecule has 1 aromatic heterocycles. The summed E-state index contributed by atoms with van der Waals surface area (Å²) >= 11 is 6.00. The van der Waals surface area contributed by atoms with E-state index in [9.17, 15) is 9.59 Å². The Morgan fingerprint density at radius 2 is 2.17 bits per heavy atom. The van der Waals surface area contributed by atoms with Gasteiger partial charge in [-0.2, -0.15) is 5.10 Å². The predicted octanol–water partition coefficient (Wildman–Crippen LogP) is 2.96. The van der Waals surface area contributed by atoms with E-state index in [1.165, 1.54) is 6.20 Å². The van der Waals surface area contributed by atoms with Crippen molar-refractivity contribution in [2.24, 2.45) is 0 Å². The highest BCUT2D eigenvalue weighted by Crippen LogP contribution is 2.35. The zero-order valence-corrected chi connectivity index (χ0v) is 14.0. The molecule has 1 saturated carbocycles. The Bertz CT molecular complexity index is 796.